The van der Waals surface area contributed by atoms with Gasteiger partial charge in [0, 0.05) is 22.8 Å². The molecule has 0 atom stereocenters. The van der Waals surface area contributed by atoms with Crippen molar-refractivity contribution in [1.82, 2.24) is 9.55 Å². The van der Waals surface area contributed by atoms with Crippen molar-refractivity contribution in [3.8, 4) is 0 Å². The van der Waals surface area contributed by atoms with Crippen molar-refractivity contribution in [2.24, 2.45) is 0 Å². The number of carbonyl (C=O) groups is 1. The Morgan fingerprint density at radius 3 is 2.64 bits per heavy atom. The second-order valence-electron chi connectivity index (χ2n) is 6.36. The minimum Gasteiger partial charge on any atom is -0.293 e. The molecule has 0 unspecified atom stereocenters. The van der Waals surface area contributed by atoms with E-state index in [0.717, 1.165) is 28.3 Å². The quantitative estimate of drug-likeness (QED) is 0.327. The van der Waals surface area contributed by atoms with Crippen LogP contribution in [0.1, 0.15) is 21.6 Å². The largest absolute Gasteiger partial charge is 0.293 e. The number of rotatable bonds is 6. The van der Waals surface area contributed by atoms with E-state index in [4.69, 9.17) is 16.6 Å². The number of hydrogen-bond acceptors (Lipinski definition) is 5. The summed E-state index contributed by atoms with van der Waals surface area (Å²) >= 11 is 8.77. The molecule has 1 aliphatic rings. The molecule has 1 aromatic heterocycles. The molecular weight excluding hydrogens is 412 g/mol. The van der Waals surface area contributed by atoms with Gasteiger partial charge in [0.2, 0.25) is 0 Å². The molecule has 28 heavy (non-hydrogen) atoms. The molecule has 2 heterocycles. The predicted molar refractivity (Wildman–Crippen MR) is 115 cm³/mol. The molecular formula is C21H17ClN2O2S2. The number of fused-ring (bicyclic) bond motifs is 1. The average molecular weight is 429 g/mol. The Labute approximate surface area is 176 Å². The number of benzene rings is 2. The van der Waals surface area contributed by atoms with Crippen molar-refractivity contribution in [1.29, 1.82) is 0 Å². The van der Waals surface area contributed by atoms with Crippen LogP contribution in [0.2, 0.25) is 5.02 Å². The SMILES string of the molecule is O=C(CSc1nc2c(c(=O)n1Cc1ccccc1)SCC2)c1ccc(Cl)cc1. The van der Waals surface area contributed by atoms with Crippen LogP contribution in [0.25, 0.3) is 0 Å². The fourth-order valence-corrected chi connectivity index (χ4v) is 5.07. The molecule has 4 nitrogen and oxygen atoms in total. The number of Topliss-reactive ketones (excluding diaryl/α,β-unsaturated/α-hetero) is 1. The Morgan fingerprint density at radius 2 is 1.89 bits per heavy atom. The lowest BCUT2D eigenvalue weighted by atomic mass is 10.1. The molecule has 0 amide bonds. The van der Waals surface area contributed by atoms with E-state index in [1.807, 2.05) is 30.3 Å². The number of aromatic nitrogens is 2. The van der Waals surface area contributed by atoms with Gasteiger partial charge in [0.15, 0.2) is 10.9 Å². The van der Waals surface area contributed by atoms with E-state index in [2.05, 4.69) is 0 Å². The minimum absolute atomic E-state index is 0.0159. The summed E-state index contributed by atoms with van der Waals surface area (Å²) in [6.07, 6.45) is 0.792. The lowest BCUT2D eigenvalue weighted by Gasteiger charge is -2.13. The summed E-state index contributed by atoms with van der Waals surface area (Å²) in [5, 5.41) is 1.19. The zero-order valence-corrected chi connectivity index (χ0v) is 17.3. The van der Waals surface area contributed by atoms with Gasteiger partial charge in [0.1, 0.15) is 0 Å². The van der Waals surface area contributed by atoms with Gasteiger partial charge in [0.05, 0.1) is 22.9 Å². The molecule has 3 aromatic rings. The molecule has 0 saturated heterocycles. The summed E-state index contributed by atoms with van der Waals surface area (Å²) in [6, 6.07) is 16.7. The van der Waals surface area contributed by atoms with Crippen LogP contribution in [-0.2, 0) is 13.0 Å². The topological polar surface area (TPSA) is 52.0 Å². The van der Waals surface area contributed by atoms with Crippen LogP contribution in [0.3, 0.4) is 0 Å². The van der Waals surface area contributed by atoms with Crippen LogP contribution in [0, 0.1) is 0 Å². The van der Waals surface area contributed by atoms with Crippen molar-refractivity contribution in [2.45, 2.75) is 23.0 Å². The highest BCUT2D eigenvalue weighted by molar-refractivity contribution is 8.00. The van der Waals surface area contributed by atoms with Crippen LogP contribution in [0.15, 0.2) is 69.4 Å². The fourth-order valence-electron chi connectivity index (χ4n) is 2.99. The van der Waals surface area contributed by atoms with E-state index >= 15 is 0 Å². The summed E-state index contributed by atoms with van der Waals surface area (Å²) in [7, 11) is 0. The Hall–Kier alpha value is -2.02. The zero-order valence-electron chi connectivity index (χ0n) is 14.9. The van der Waals surface area contributed by atoms with Gasteiger partial charge < -0.3 is 0 Å². The van der Waals surface area contributed by atoms with Crippen LogP contribution in [0.5, 0.6) is 0 Å². The third-order valence-electron chi connectivity index (χ3n) is 4.43. The lowest BCUT2D eigenvalue weighted by Crippen LogP contribution is -2.26. The lowest BCUT2D eigenvalue weighted by molar-refractivity contribution is 0.102. The Bertz CT molecular complexity index is 1070. The van der Waals surface area contributed by atoms with E-state index in [1.54, 1.807) is 40.6 Å². The number of ketones is 1. The van der Waals surface area contributed by atoms with Gasteiger partial charge in [-0.1, -0.05) is 53.7 Å². The number of aryl methyl sites for hydroxylation is 1. The first-order valence-electron chi connectivity index (χ1n) is 8.84. The van der Waals surface area contributed by atoms with Crippen LogP contribution in [0.4, 0.5) is 0 Å². The molecule has 142 valence electrons. The van der Waals surface area contributed by atoms with Crippen LogP contribution in [-0.4, -0.2) is 26.8 Å². The van der Waals surface area contributed by atoms with E-state index in [0.29, 0.717) is 22.3 Å². The molecule has 0 bridgehead atoms. The Balaban J connectivity index is 1.62. The second kappa shape index (κ2) is 8.55. The molecule has 4 rings (SSSR count). The maximum absolute atomic E-state index is 13.0. The van der Waals surface area contributed by atoms with Crippen molar-refractivity contribution < 1.29 is 4.79 Å². The van der Waals surface area contributed by atoms with E-state index in [1.165, 1.54) is 11.8 Å². The van der Waals surface area contributed by atoms with Gasteiger partial charge in [-0.3, -0.25) is 14.2 Å². The minimum atomic E-state index is -0.0166. The van der Waals surface area contributed by atoms with Crippen molar-refractivity contribution in [2.75, 3.05) is 11.5 Å². The number of thioether (sulfide) groups is 2. The highest BCUT2D eigenvalue weighted by Crippen LogP contribution is 2.29. The van der Waals surface area contributed by atoms with Crippen LogP contribution >= 0.6 is 35.1 Å². The van der Waals surface area contributed by atoms with Gasteiger partial charge in [-0.2, -0.15) is 0 Å². The molecule has 0 radical (unpaired) electrons. The first-order chi connectivity index (χ1) is 13.6. The van der Waals surface area contributed by atoms with Gasteiger partial charge in [-0.25, -0.2) is 4.98 Å². The fraction of sp³-hybridized carbons (Fsp3) is 0.190. The van der Waals surface area contributed by atoms with Crippen molar-refractivity contribution in [3.05, 3.63) is 86.8 Å². The molecule has 7 heteroatoms. The van der Waals surface area contributed by atoms with Gasteiger partial charge >= 0.3 is 0 Å². The molecule has 0 fully saturated rings. The summed E-state index contributed by atoms with van der Waals surface area (Å²) in [6.45, 7) is 0.442. The highest BCUT2D eigenvalue weighted by atomic mass is 35.5. The predicted octanol–water partition coefficient (Wildman–Crippen LogP) is 4.57. The zero-order chi connectivity index (χ0) is 19.5. The highest BCUT2D eigenvalue weighted by Gasteiger charge is 2.22. The third kappa shape index (κ3) is 4.19. The molecule has 0 spiro atoms. The summed E-state index contributed by atoms with van der Waals surface area (Å²) in [5.41, 5.74) is 2.46. The smallest absolute Gasteiger partial charge is 0.268 e. The van der Waals surface area contributed by atoms with Gasteiger partial charge in [0.25, 0.3) is 5.56 Å². The normalized spacial score (nSPS) is 12.8. The molecule has 0 saturated carbocycles. The molecule has 2 aromatic carbocycles. The summed E-state index contributed by atoms with van der Waals surface area (Å²) < 4.78 is 1.69. The monoisotopic (exact) mass is 428 g/mol. The van der Waals surface area contributed by atoms with Crippen LogP contribution < -0.4 is 5.56 Å². The first kappa shape index (κ1) is 19.3. The van der Waals surface area contributed by atoms with Crippen molar-refractivity contribution in [3.63, 3.8) is 0 Å². The van der Waals surface area contributed by atoms with Gasteiger partial charge in [-0.05, 0) is 29.8 Å². The number of halogens is 1. The third-order valence-corrected chi connectivity index (χ3v) is 6.77. The van der Waals surface area contributed by atoms with E-state index in [-0.39, 0.29) is 17.1 Å². The van der Waals surface area contributed by atoms with E-state index in [9.17, 15) is 9.59 Å². The van der Waals surface area contributed by atoms with Crippen molar-refractivity contribution >= 4 is 40.9 Å². The molecule has 0 aliphatic carbocycles. The van der Waals surface area contributed by atoms with E-state index < -0.39 is 0 Å². The standard InChI is InChI=1S/C21H17ClN2O2S2/c22-16-8-6-15(7-9-16)18(25)13-28-21-23-17-10-11-27-19(17)20(26)24(21)12-14-4-2-1-3-5-14/h1-9H,10-13H2. The number of hydrogen-bond donors (Lipinski definition) is 0. The summed E-state index contributed by atoms with van der Waals surface area (Å²) in [4.78, 5) is 31.0. The first-order valence-corrected chi connectivity index (χ1v) is 11.2. The molecule has 1 aliphatic heterocycles. The van der Waals surface area contributed by atoms with Gasteiger partial charge in [-0.15, -0.1) is 11.8 Å². The number of nitrogens with zero attached hydrogens (tertiary/aromatic N) is 2. The summed E-state index contributed by atoms with van der Waals surface area (Å²) in [5.74, 6) is 1.08. The maximum atomic E-state index is 13.0. The second-order valence-corrected chi connectivity index (χ2v) is 8.85. The maximum Gasteiger partial charge on any atom is 0.268 e. The average Bonchev–Trinajstić information content (AvgIpc) is 3.19. The Kier molecular flexibility index (Phi) is 5.90. The number of carbonyl (C=O) groups excluding carboxylic acids is 1. The Morgan fingerprint density at radius 1 is 1.14 bits per heavy atom. The molecule has 0 N–H and O–H groups in total.